The van der Waals surface area contributed by atoms with Crippen LogP contribution in [0.5, 0.6) is 0 Å². The summed E-state index contributed by atoms with van der Waals surface area (Å²) in [5.41, 5.74) is 5.89. The number of halogens is 1. The predicted octanol–water partition coefficient (Wildman–Crippen LogP) is 4.38. The van der Waals surface area contributed by atoms with Gasteiger partial charge in [-0.15, -0.1) is 12.4 Å². The van der Waals surface area contributed by atoms with Gasteiger partial charge in [-0.3, -0.25) is 0 Å². The molecule has 25 heavy (non-hydrogen) atoms. The molecule has 0 aliphatic carbocycles. The molecular formula is C21H24ClN3. The van der Waals surface area contributed by atoms with Gasteiger partial charge in [0.05, 0.1) is 11.2 Å². The summed E-state index contributed by atoms with van der Waals surface area (Å²) in [5, 5.41) is 1.23. The molecule has 0 N–H and O–H groups in total. The highest BCUT2D eigenvalue weighted by molar-refractivity contribution is 5.85. The molecule has 4 rings (SSSR count). The summed E-state index contributed by atoms with van der Waals surface area (Å²) in [4.78, 5) is 9.68. The molecule has 1 saturated heterocycles. The molecule has 0 spiro atoms. The fourth-order valence-corrected chi connectivity index (χ4v) is 3.41. The molecule has 1 aromatic heterocycles. The Morgan fingerprint density at radius 2 is 1.56 bits per heavy atom. The Balaban J connectivity index is 0.00000182. The van der Waals surface area contributed by atoms with E-state index in [0.29, 0.717) is 0 Å². The maximum Gasteiger partial charge on any atom is 0.0712 e. The number of para-hydroxylation sites is 1. The molecule has 1 aliphatic heterocycles. The molecule has 2 heterocycles. The molecule has 0 unspecified atom stereocenters. The van der Waals surface area contributed by atoms with Crippen LogP contribution in [0.1, 0.15) is 5.56 Å². The molecule has 1 aliphatic rings. The number of pyridine rings is 1. The maximum absolute atomic E-state index is 4.84. The van der Waals surface area contributed by atoms with Crippen molar-refractivity contribution in [3.8, 4) is 11.3 Å². The number of likely N-dealkylation sites (N-methyl/N-ethyl adjacent to an activating group) is 1. The van der Waals surface area contributed by atoms with Gasteiger partial charge in [0.2, 0.25) is 0 Å². The molecule has 0 bridgehead atoms. The third-order valence-electron chi connectivity index (χ3n) is 4.95. The Hall–Kier alpha value is -2.10. The van der Waals surface area contributed by atoms with Crippen molar-refractivity contribution >= 4 is 29.0 Å². The summed E-state index contributed by atoms with van der Waals surface area (Å²) in [6.45, 7) is 6.62. The number of nitrogens with zero attached hydrogens (tertiary/aromatic N) is 3. The number of anilines is 1. The van der Waals surface area contributed by atoms with Crippen molar-refractivity contribution < 1.29 is 0 Å². The number of fused-ring (bicyclic) bond motifs is 1. The van der Waals surface area contributed by atoms with Gasteiger partial charge < -0.3 is 9.80 Å². The maximum atomic E-state index is 4.84. The lowest BCUT2D eigenvalue weighted by Gasteiger charge is -2.34. The normalized spacial score (nSPS) is 15.2. The van der Waals surface area contributed by atoms with Gasteiger partial charge in [-0.2, -0.15) is 0 Å². The Kier molecular flexibility index (Phi) is 5.26. The number of rotatable bonds is 2. The Bertz CT molecular complexity index is 853. The summed E-state index contributed by atoms with van der Waals surface area (Å²) < 4.78 is 0. The molecule has 3 aromatic rings. The second-order valence-electron chi connectivity index (χ2n) is 6.68. The summed E-state index contributed by atoms with van der Waals surface area (Å²) >= 11 is 0. The van der Waals surface area contributed by atoms with Crippen molar-refractivity contribution in [2.75, 3.05) is 38.1 Å². The van der Waals surface area contributed by atoms with Gasteiger partial charge in [0.25, 0.3) is 0 Å². The minimum Gasteiger partial charge on any atom is -0.369 e. The summed E-state index contributed by atoms with van der Waals surface area (Å²) in [7, 11) is 2.19. The Morgan fingerprint density at radius 1 is 0.880 bits per heavy atom. The smallest absolute Gasteiger partial charge is 0.0712 e. The zero-order valence-corrected chi connectivity index (χ0v) is 15.6. The molecule has 0 saturated carbocycles. The fraction of sp³-hybridized carbons (Fsp3) is 0.286. The van der Waals surface area contributed by atoms with E-state index in [-0.39, 0.29) is 12.4 Å². The number of hydrogen-bond acceptors (Lipinski definition) is 3. The van der Waals surface area contributed by atoms with Crippen LogP contribution in [0.15, 0.2) is 54.6 Å². The minimum atomic E-state index is 0. The van der Waals surface area contributed by atoms with E-state index in [1.807, 2.05) is 0 Å². The van der Waals surface area contributed by atoms with E-state index in [1.54, 1.807) is 0 Å². The third-order valence-corrected chi connectivity index (χ3v) is 4.95. The number of aryl methyl sites for hydroxylation is 1. The molecule has 0 atom stereocenters. The van der Waals surface area contributed by atoms with Crippen LogP contribution in [0, 0.1) is 6.92 Å². The van der Waals surface area contributed by atoms with Crippen molar-refractivity contribution in [2.45, 2.75) is 6.92 Å². The molecule has 130 valence electrons. The van der Waals surface area contributed by atoms with Crippen LogP contribution in [0.3, 0.4) is 0 Å². The van der Waals surface area contributed by atoms with Crippen LogP contribution >= 0.6 is 12.4 Å². The van der Waals surface area contributed by atoms with Gasteiger partial charge >= 0.3 is 0 Å². The quantitative estimate of drug-likeness (QED) is 0.681. The van der Waals surface area contributed by atoms with Crippen LogP contribution in [0.25, 0.3) is 22.2 Å². The van der Waals surface area contributed by atoms with Gasteiger partial charge in [-0.1, -0.05) is 30.3 Å². The van der Waals surface area contributed by atoms with E-state index in [0.717, 1.165) is 37.4 Å². The van der Waals surface area contributed by atoms with Crippen molar-refractivity contribution in [1.82, 2.24) is 9.88 Å². The highest BCUT2D eigenvalue weighted by atomic mass is 35.5. The lowest BCUT2D eigenvalue weighted by atomic mass is 10.0. The number of piperazine rings is 1. The fourth-order valence-electron chi connectivity index (χ4n) is 3.41. The minimum absolute atomic E-state index is 0. The third kappa shape index (κ3) is 3.63. The highest BCUT2D eigenvalue weighted by Gasteiger charge is 2.14. The average molecular weight is 354 g/mol. The molecule has 4 heteroatoms. The first-order valence-electron chi connectivity index (χ1n) is 8.61. The van der Waals surface area contributed by atoms with E-state index in [2.05, 4.69) is 78.4 Å². The van der Waals surface area contributed by atoms with Gasteiger partial charge in [0, 0.05) is 42.8 Å². The summed E-state index contributed by atoms with van der Waals surface area (Å²) in [6, 6.07) is 19.4. The number of benzene rings is 2. The first kappa shape index (κ1) is 17.7. The number of aromatic nitrogens is 1. The van der Waals surface area contributed by atoms with E-state index in [4.69, 9.17) is 4.98 Å². The van der Waals surface area contributed by atoms with Crippen LogP contribution < -0.4 is 4.90 Å². The molecule has 2 aromatic carbocycles. The monoisotopic (exact) mass is 353 g/mol. The average Bonchev–Trinajstić information content (AvgIpc) is 2.62. The van der Waals surface area contributed by atoms with E-state index in [1.165, 1.54) is 22.2 Å². The van der Waals surface area contributed by atoms with Crippen LogP contribution in [-0.4, -0.2) is 43.1 Å². The molecule has 1 fully saturated rings. The molecule has 3 nitrogen and oxygen atoms in total. The summed E-state index contributed by atoms with van der Waals surface area (Å²) in [5.74, 6) is 0. The van der Waals surface area contributed by atoms with Gasteiger partial charge in [-0.05, 0) is 43.8 Å². The Morgan fingerprint density at radius 3 is 2.28 bits per heavy atom. The van der Waals surface area contributed by atoms with E-state index in [9.17, 15) is 0 Å². The first-order valence-corrected chi connectivity index (χ1v) is 8.61. The van der Waals surface area contributed by atoms with Crippen LogP contribution in [0.4, 0.5) is 5.69 Å². The SMILES string of the molecule is Cc1cc(-c2ccc(N3CCN(C)CC3)cc2)nc2ccccc12.Cl. The first-order chi connectivity index (χ1) is 11.7. The van der Waals surface area contributed by atoms with Crippen molar-refractivity contribution in [2.24, 2.45) is 0 Å². The standard InChI is InChI=1S/C21H23N3.ClH/c1-16-15-21(22-20-6-4-3-5-19(16)20)17-7-9-18(10-8-17)24-13-11-23(2)12-14-24;/h3-10,15H,11-14H2,1-2H3;1H. The van der Waals surface area contributed by atoms with Gasteiger partial charge in [0.1, 0.15) is 0 Å². The van der Waals surface area contributed by atoms with Crippen molar-refractivity contribution in [1.29, 1.82) is 0 Å². The van der Waals surface area contributed by atoms with E-state index >= 15 is 0 Å². The molecule has 0 radical (unpaired) electrons. The lowest BCUT2D eigenvalue weighted by Crippen LogP contribution is -2.44. The topological polar surface area (TPSA) is 19.4 Å². The largest absolute Gasteiger partial charge is 0.369 e. The second-order valence-corrected chi connectivity index (χ2v) is 6.68. The van der Waals surface area contributed by atoms with Crippen LogP contribution in [-0.2, 0) is 0 Å². The molecular weight excluding hydrogens is 330 g/mol. The van der Waals surface area contributed by atoms with Crippen molar-refractivity contribution in [3.63, 3.8) is 0 Å². The zero-order valence-electron chi connectivity index (χ0n) is 14.8. The Labute approximate surface area is 155 Å². The number of hydrogen-bond donors (Lipinski definition) is 0. The van der Waals surface area contributed by atoms with Crippen molar-refractivity contribution in [3.05, 3.63) is 60.2 Å². The van der Waals surface area contributed by atoms with E-state index < -0.39 is 0 Å². The van der Waals surface area contributed by atoms with Crippen LogP contribution in [0.2, 0.25) is 0 Å². The lowest BCUT2D eigenvalue weighted by molar-refractivity contribution is 0.313. The highest BCUT2D eigenvalue weighted by Crippen LogP contribution is 2.26. The van der Waals surface area contributed by atoms with Gasteiger partial charge in [-0.25, -0.2) is 4.98 Å². The zero-order chi connectivity index (χ0) is 16.5. The molecule has 0 amide bonds. The second kappa shape index (κ2) is 7.42. The van der Waals surface area contributed by atoms with Gasteiger partial charge in [0.15, 0.2) is 0 Å². The predicted molar refractivity (Wildman–Crippen MR) is 109 cm³/mol. The summed E-state index contributed by atoms with van der Waals surface area (Å²) in [6.07, 6.45) is 0.